The van der Waals surface area contributed by atoms with Crippen LogP contribution >= 0.6 is 0 Å². The summed E-state index contributed by atoms with van der Waals surface area (Å²) >= 11 is 0. The molecular formula is C20H23N3O2. The first-order valence-corrected chi connectivity index (χ1v) is 8.65. The van der Waals surface area contributed by atoms with Gasteiger partial charge >= 0.3 is 0 Å². The fourth-order valence-corrected chi connectivity index (χ4v) is 2.98. The number of aromatic nitrogens is 1. The first-order valence-electron chi connectivity index (χ1n) is 8.65. The molecule has 5 nitrogen and oxygen atoms in total. The third-order valence-electron chi connectivity index (χ3n) is 4.59. The molecule has 130 valence electrons. The third-order valence-corrected chi connectivity index (χ3v) is 4.59. The van der Waals surface area contributed by atoms with Crippen LogP contribution < -0.4 is 0 Å². The van der Waals surface area contributed by atoms with E-state index in [9.17, 15) is 9.59 Å². The molecule has 1 aromatic carbocycles. The minimum Gasteiger partial charge on any atom is -0.335 e. The van der Waals surface area contributed by atoms with Gasteiger partial charge in [-0.3, -0.25) is 14.6 Å². The number of nitrogens with zero attached hydrogens (tertiary/aromatic N) is 3. The number of hydrogen-bond donors (Lipinski definition) is 0. The number of amides is 2. The van der Waals surface area contributed by atoms with Gasteiger partial charge in [-0.25, -0.2) is 0 Å². The van der Waals surface area contributed by atoms with Crippen LogP contribution in [-0.4, -0.2) is 52.8 Å². The summed E-state index contributed by atoms with van der Waals surface area (Å²) in [5.41, 5.74) is 2.52. The number of carbonyl (C=O) groups is 2. The summed E-state index contributed by atoms with van der Waals surface area (Å²) in [6.45, 7) is 6.46. The van der Waals surface area contributed by atoms with Gasteiger partial charge in [0.25, 0.3) is 11.8 Å². The normalized spacial score (nSPS) is 14.7. The zero-order valence-corrected chi connectivity index (χ0v) is 14.7. The molecule has 0 bridgehead atoms. The van der Waals surface area contributed by atoms with Crippen LogP contribution in [0.2, 0.25) is 0 Å². The summed E-state index contributed by atoms with van der Waals surface area (Å²) in [5, 5.41) is 0. The van der Waals surface area contributed by atoms with E-state index in [0.717, 1.165) is 0 Å². The second kappa shape index (κ2) is 7.47. The van der Waals surface area contributed by atoms with E-state index < -0.39 is 0 Å². The number of benzene rings is 1. The molecule has 0 aliphatic carbocycles. The van der Waals surface area contributed by atoms with Gasteiger partial charge < -0.3 is 9.80 Å². The van der Waals surface area contributed by atoms with Crippen molar-refractivity contribution in [2.45, 2.75) is 19.8 Å². The van der Waals surface area contributed by atoms with Crippen LogP contribution in [0.1, 0.15) is 46.0 Å². The molecule has 1 aliphatic rings. The lowest BCUT2D eigenvalue weighted by Crippen LogP contribution is -2.50. The molecule has 0 N–H and O–H groups in total. The highest BCUT2D eigenvalue weighted by atomic mass is 16.2. The molecule has 3 rings (SSSR count). The lowest BCUT2D eigenvalue weighted by atomic mass is 10.0. The molecular weight excluding hydrogens is 314 g/mol. The maximum absolute atomic E-state index is 12.6. The molecule has 0 saturated carbocycles. The highest BCUT2D eigenvalue weighted by Gasteiger charge is 2.25. The monoisotopic (exact) mass is 337 g/mol. The second-order valence-corrected chi connectivity index (χ2v) is 6.60. The quantitative estimate of drug-likeness (QED) is 0.865. The Hall–Kier alpha value is -2.69. The van der Waals surface area contributed by atoms with Crippen LogP contribution in [0.25, 0.3) is 0 Å². The summed E-state index contributed by atoms with van der Waals surface area (Å²) in [7, 11) is 0. The fourth-order valence-electron chi connectivity index (χ4n) is 2.98. The van der Waals surface area contributed by atoms with Gasteiger partial charge in [-0.2, -0.15) is 0 Å². The molecule has 1 aliphatic heterocycles. The summed E-state index contributed by atoms with van der Waals surface area (Å²) in [6.07, 6.45) is 3.23. The van der Waals surface area contributed by atoms with Crippen molar-refractivity contribution in [3.63, 3.8) is 0 Å². The zero-order valence-electron chi connectivity index (χ0n) is 14.7. The number of pyridine rings is 1. The zero-order chi connectivity index (χ0) is 17.8. The van der Waals surface area contributed by atoms with Crippen molar-refractivity contribution >= 4 is 11.8 Å². The van der Waals surface area contributed by atoms with E-state index in [-0.39, 0.29) is 11.8 Å². The van der Waals surface area contributed by atoms with Crippen LogP contribution in [0.15, 0.2) is 48.8 Å². The summed E-state index contributed by atoms with van der Waals surface area (Å²) in [4.78, 5) is 32.7. The second-order valence-electron chi connectivity index (χ2n) is 6.60. The Kier molecular flexibility index (Phi) is 5.12. The van der Waals surface area contributed by atoms with E-state index in [1.807, 2.05) is 29.2 Å². The Morgan fingerprint density at radius 1 is 0.880 bits per heavy atom. The number of hydrogen-bond acceptors (Lipinski definition) is 3. The van der Waals surface area contributed by atoms with E-state index in [1.165, 1.54) is 5.56 Å². The van der Waals surface area contributed by atoms with Crippen molar-refractivity contribution < 1.29 is 9.59 Å². The van der Waals surface area contributed by atoms with E-state index in [4.69, 9.17) is 0 Å². The average Bonchev–Trinajstić information content (AvgIpc) is 2.67. The first-order chi connectivity index (χ1) is 12.1. The Balaban J connectivity index is 1.60. The smallest absolute Gasteiger partial charge is 0.255 e. The SMILES string of the molecule is CC(C)c1ccc(C(=O)N2CCN(C(=O)c3cccnc3)CC2)cc1. The molecule has 25 heavy (non-hydrogen) atoms. The number of rotatable bonds is 3. The molecule has 5 heteroatoms. The van der Waals surface area contributed by atoms with E-state index >= 15 is 0 Å². The minimum atomic E-state index is -0.0264. The van der Waals surface area contributed by atoms with Gasteiger partial charge in [0, 0.05) is 44.1 Å². The molecule has 0 atom stereocenters. The van der Waals surface area contributed by atoms with Crippen LogP contribution in [0, 0.1) is 0 Å². The largest absolute Gasteiger partial charge is 0.335 e. The number of piperazine rings is 1. The Bertz CT molecular complexity index is 733. The van der Waals surface area contributed by atoms with E-state index in [0.29, 0.717) is 43.2 Å². The standard InChI is InChI=1S/C20H23N3O2/c1-15(2)16-5-7-17(8-6-16)19(24)22-10-12-23(13-11-22)20(25)18-4-3-9-21-14-18/h3-9,14-15H,10-13H2,1-2H3. The maximum Gasteiger partial charge on any atom is 0.255 e. The summed E-state index contributed by atoms with van der Waals surface area (Å²) in [5.74, 6) is 0.455. The lowest BCUT2D eigenvalue weighted by Gasteiger charge is -2.34. The van der Waals surface area contributed by atoms with Crippen LogP contribution in [0.5, 0.6) is 0 Å². The Morgan fingerprint density at radius 3 is 1.92 bits per heavy atom. The third kappa shape index (κ3) is 3.87. The van der Waals surface area contributed by atoms with Gasteiger partial charge in [-0.05, 0) is 35.7 Å². The predicted octanol–water partition coefficient (Wildman–Crippen LogP) is 2.80. The highest BCUT2D eigenvalue weighted by molar-refractivity contribution is 5.95. The first kappa shape index (κ1) is 17.1. The minimum absolute atomic E-state index is 0.0264. The molecule has 2 heterocycles. The van der Waals surface area contributed by atoms with Crippen molar-refractivity contribution in [2.75, 3.05) is 26.2 Å². The number of carbonyl (C=O) groups excluding carboxylic acids is 2. The fraction of sp³-hybridized carbons (Fsp3) is 0.350. The van der Waals surface area contributed by atoms with Gasteiger partial charge in [-0.1, -0.05) is 26.0 Å². The Labute approximate surface area is 148 Å². The molecule has 0 spiro atoms. The molecule has 2 aromatic rings. The highest BCUT2D eigenvalue weighted by Crippen LogP contribution is 2.16. The van der Waals surface area contributed by atoms with Gasteiger partial charge in [0.05, 0.1) is 5.56 Å². The van der Waals surface area contributed by atoms with Crippen molar-refractivity contribution in [1.29, 1.82) is 0 Å². The topological polar surface area (TPSA) is 53.5 Å². The van der Waals surface area contributed by atoms with E-state index in [1.54, 1.807) is 29.4 Å². The van der Waals surface area contributed by atoms with Gasteiger partial charge in [0.15, 0.2) is 0 Å². The summed E-state index contributed by atoms with van der Waals surface area (Å²) in [6, 6.07) is 11.3. The van der Waals surface area contributed by atoms with E-state index in [2.05, 4.69) is 18.8 Å². The van der Waals surface area contributed by atoms with Gasteiger partial charge in [0.1, 0.15) is 0 Å². The van der Waals surface area contributed by atoms with Crippen molar-refractivity contribution in [1.82, 2.24) is 14.8 Å². The van der Waals surface area contributed by atoms with Gasteiger partial charge in [-0.15, -0.1) is 0 Å². The van der Waals surface area contributed by atoms with Gasteiger partial charge in [0.2, 0.25) is 0 Å². The van der Waals surface area contributed by atoms with Crippen molar-refractivity contribution in [3.05, 3.63) is 65.5 Å². The molecule has 1 saturated heterocycles. The van der Waals surface area contributed by atoms with Crippen LogP contribution in [0.3, 0.4) is 0 Å². The van der Waals surface area contributed by atoms with Crippen LogP contribution in [0.4, 0.5) is 0 Å². The molecule has 1 aromatic heterocycles. The maximum atomic E-state index is 12.6. The predicted molar refractivity (Wildman–Crippen MR) is 96.6 cm³/mol. The molecule has 0 radical (unpaired) electrons. The molecule has 2 amide bonds. The van der Waals surface area contributed by atoms with Crippen molar-refractivity contribution in [2.24, 2.45) is 0 Å². The Morgan fingerprint density at radius 2 is 1.44 bits per heavy atom. The lowest BCUT2D eigenvalue weighted by molar-refractivity contribution is 0.0535. The average molecular weight is 337 g/mol. The van der Waals surface area contributed by atoms with Crippen molar-refractivity contribution in [3.8, 4) is 0 Å². The summed E-state index contributed by atoms with van der Waals surface area (Å²) < 4.78 is 0. The molecule has 1 fully saturated rings. The molecule has 0 unspecified atom stereocenters. The van der Waals surface area contributed by atoms with Crippen LogP contribution in [-0.2, 0) is 0 Å².